The number of rotatable bonds is 5. The highest BCUT2D eigenvalue weighted by Gasteiger charge is 2.22. The van der Waals surface area contributed by atoms with Gasteiger partial charge in [-0.25, -0.2) is 0 Å². The average Bonchev–Trinajstić information content (AvgIpc) is 2.83. The van der Waals surface area contributed by atoms with E-state index in [9.17, 15) is 9.90 Å². The van der Waals surface area contributed by atoms with E-state index in [0.29, 0.717) is 6.10 Å². The Morgan fingerprint density at radius 2 is 1.84 bits per heavy atom. The fourth-order valence-electron chi connectivity index (χ4n) is 2.59. The topological polar surface area (TPSA) is 49.8 Å². The molecule has 1 saturated carbocycles. The smallest absolute Gasteiger partial charge is 0.325 e. The van der Waals surface area contributed by atoms with Gasteiger partial charge in [0.1, 0.15) is 11.8 Å². The van der Waals surface area contributed by atoms with Crippen molar-refractivity contribution in [3.8, 4) is 5.75 Å². The lowest BCUT2D eigenvalue weighted by Crippen LogP contribution is -2.27. The molecule has 19 heavy (non-hydrogen) atoms. The minimum atomic E-state index is -0.838. The Morgan fingerprint density at radius 1 is 1.26 bits per heavy atom. The van der Waals surface area contributed by atoms with Crippen molar-refractivity contribution in [2.24, 2.45) is 0 Å². The first-order chi connectivity index (χ1) is 9.08. The van der Waals surface area contributed by atoms with Crippen molar-refractivity contribution in [3.05, 3.63) is 29.8 Å². The molecule has 4 nitrogen and oxygen atoms in total. The van der Waals surface area contributed by atoms with Crippen molar-refractivity contribution in [1.82, 2.24) is 4.90 Å². The molecule has 2 rings (SSSR count). The second-order valence-electron chi connectivity index (χ2n) is 5.30. The second-order valence-corrected chi connectivity index (χ2v) is 5.30. The number of hydrogen-bond acceptors (Lipinski definition) is 3. The maximum atomic E-state index is 11.2. The first-order valence-corrected chi connectivity index (χ1v) is 6.74. The van der Waals surface area contributed by atoms with Crippen molar-refractivity contribution in [1.29, 1.82) is 0 Å². The van der Waals surface area contributed by atoms with Crippen LogP contribution in [0.2, 0.25) is 0 Å². The fourth-order valence-corrected chi connectivity index (χ4v) is 2.59. The van der Waals surface area contributed by atoms with E-state index in [-0.39, 0.29) is 0 Å². The Hall–Kier alpha value is -1.55. The Bertz CT molecular complexity index is 422. The number of carboxylic acids is 1. The number of nitrogens with zero attached hydrogens (tertiary/aromatic N) is 1. The van der Waals surface area contributed by atoms with Crippen molar-refractivity contribution in [2.45, 2.75) is 37.8 Å². The summed E-state index contributed by atoms with van der Waals surface area (Å²) in [4.78, 5) is 12.9. The molecule has 1 aliphatic carbocycles. The number of benzene rings is 1. The number of ether oxygens (including phenoxy) is 1. The van der Waals surface area contributed by atoms with Gasteiger partial charge >= 0.3 is 5.97 Å². The zero-order chi connectivity index (χ0) is 13.8. The van der Waals surface area contributed by atoms with Crippen LogP contribution in [0.25, 0.3) is 0 Å². The summed E-state index contributed by atoms with van der Waals surface area (Å²) in [7, 11) is 3.53. The zero-order valence-corrected chi connectivity index (χ0v) is 11.5. The van der Waals surface area contributed by atoms with Crippen molar-refractivity contribution < 1.29 is 14.6 Å². The van der Waals surface area contributed by atoms with Crippen molar-refractivity contribution in [3.63, 3.8) is 0 Å². The lowest BCUT2D eigenvalue weighted by Gasteiger charge is -2.21. The van der Waals surface area contributed by atoms with Gasteiger partial charge in [-0.1, -0.05) is 12.1 Å². The average molecular weight is 263 g/mol. The number of hydrogen-bond donors (Lipinski definition) is 1. The van der Waals surface area contributed by atoms with E-state index < -0.39 is 12.0 Å². The van der Waals surface area contributed by atoms with E-state index in [1.165, 1.54) is 12.8 Å². The fraction of sp³-hybridized carbons (Fsp3) is 0.533. The van der Waals surface area contributed by atoms with Gasteiger partial charge in [-0.05, 0) is 57.5 Å². The minimum absolute atomic E-state index is 0.329. The highest BCUT2D eigenvalue weighted by Crippen LogP contribution is 2.26. The monoisotopic (exact) mass is 263 g/mol. The molecule has 4 heteroatoms. The van der Waals surface area contributed by atoms with E-state index in [0.717, 1.165) is 24.2 Å². The van der Waals surface area contributed by atoms with Crippen LogP contribution in [-0.2, 0) is 4.79 Å². The standard InChI is InChI=1S/C15H21NO3/c1-16(2)14(15(17)18)11-7-9-13(10-8-11)19-12-5-3-4-6-12/h7-10,12,14H,3-6H2,1-2H3,(H,17,18). The molecule has 1 atom stereocenters. The summed E-state index contributed by atoms with van der Waals surface area (Å²) in [5, 5.41) is 9.22. The van der Waals surface area contributed by atoms with Gasteiger partial charge in [0.05, 0.1) is 6.10 Å². The van der Waals surface area contributed by atoms with Gasteiger partial charge in [-0.2, -0.15) is 0 Å². The first kappa shape index (κ1) is 13.9. The predicted molar refractivity (Wildman–Crippen MR) is 73.4 cm³/mol. The Kier molecular flexibility index (Phi) is 4.43. The summed E-state index contributed by atoms with van der Waals surface area (Å²) in [6, 6.07) is 6.80. The molecule has 0 saturated heterocycles. The molecule has 0 aliphatic heterocycles. The van der Waals surface area contributed by atoms with Crippen LogP contribution in [0.15, 0.2) is 24.3 Å². The maximum absolute atomic E-state index is 11.2. The zero-order valence-electron chi connectivity index (χ0n) is 11.5. The van der Waals surface area contributed by atoms with Gasteiger partial charge in [0, 0.05) is 0 Å². The van der Waals surface area contributed by atoms with Crippen LogP contribution in [-0.4, -0.2) is 36.2 Å². The lowest BCUT2D eigenvalue weighted by atomic mass is 10.1. The Balaban J connectivity index is 2.06. The van der Waals surface area contributed by atoms with Crippen molar-refractivity contribution in [2.75, 3.05) is 14.1 Å². The molecule has 0 spiro atoms. The molecule has 0 radical (unpaired) electrons. The van der Waals surface area contributed by atoms with E-state index in [4.69, 9.17) is 4.74 Å². The van der Waals surface area contributed by atoms with Gasteiger partial charge in [-0.3, -0.25) is 9.69 Å². The Morgan fingerprint density at radius 3 is 2.32 bits per heavy atom. The third-order valence-corrected chi connectivity index (χ3v) is 3.55. The number of likely N-dealkylation sites (N-methyl/N-ethyl adjacent to an activating group) is 1. The largest absolute Gasteiger partial charge is 0.490 e. The van der Waals surface area contributed by atoms with Gasteiger partial charge in [0.2, 0.25) is 0 Å². The van der Waals surface area contributed by atoms with Gasteiger partial charge in [0.25, 0.3) is 0 Å². The number of carbonyl (C=O) groups is 1. The summed E-state index contributed by atoms with van der Waals surface area (Å²) in [6.45, 7) is 0. The molecular formula is C15H21NO3. The number of aliphatic carboxylic acids is 1. The molecular weight excluding hydrogens is 242 g/mol. The molecule has 1 aromatic rings. The molecule has 1 N–H and O–H groups in total. The highest BCUT2D eigenvalue weighted by molar-refractivity contribution is 5.75. The SMILES string of the molecule is CN(C)C(C(=O)O)c1ccc(OC2CCCC2)cc1. The summed E-state index contributed by atoms with van der Waals surface area (Å²) in [5.41, 5.74) is 0.774. The number of carboxylic acid groups (broad SMARTS) is 1. The summed E-state index contributed by atoms with van der Waals surface area (Å²) < 4.78 is 5.87. The molecule has 1 aliphatic rings. The lowest BCUT2D eigenvalue weighted by molar-refractivity contribution is -0.142. The van der Waals surface area contributed by atoms with Crippen LogP contribution in [0.3, 0.4) is 0 Å². The van der Waals surface area contributed by atoms with Crippen LogP contribution in [0.5, 0.6) is 5.75 Å². The molecule has 1 unspecified atom stereocenters. The van der Waals surface area contributed by atoms with Crippen LogP contribution in [0.4, 0.5) is 0 Å². The summed E-state index contributed by atoms with van der Waals surface area (Å²) in [6.07, 6.45) is 5.05. The van der Waals surface area contributed by atoms with E-state index in [1.54, 1.807) is 19.0 Å². The normalized spacial score (nSPS) is 17.6. The third-order valence-electron chi connectivity index (χ3n) is 3.55. The van der Waals surface area contributed by atoms with E-state index in [1.807, 2.05) is 24.3 Å². The summed E-state index contributed by atoms with van der Waals surface area (Å²) >= 11 is 0. The van der Waals surface area contributed by atoms with Crippen LogP contribution < -0.4 is 4.74 Å². The molecule has 0 aromatic heterocycles. The molecule has 0 bridgehead atoms. The predicted octanol–water partition coefficient (Wildman–Crippen LogP) is 2.70. The van der Waals surface area contributed by atoms with E-state index in [2.05, 4.69) is 0 Å². The van der Waals surface area contributed by atoms with Crippen LogP contribution >= 0.6 is 0 Å². The molecule has 0 amide bonds. The van der Waals surface area contributed by atoms with Crippen LogP contribution in [0.1, 0.15) is 37.3 Å². The van der Waals surface area contributed by atoms with Crippen molar-refractivity contribution >= 4 is 5.97 Å². The van der Waals surface area contributed by atoms with Gasteiger partial charge in [-0.15, -0.1) is 0 Å². The molecule has 1 fully saturated rings. The maximum Gasteiger partial charge on any atom is 0.325 e. The van der Waals surface area contributed by atoms with Gasteiger partial charge in [0.15, 0.2) is 0 Å². The second kappa shape index (κ2) is 6.06. The Labute approximate surface area is 114 Å². The highest BCUT2D eigenvalue weighted by atomic mass is 16.5. The van der Waals surface area contributed by atoms with Gasteiger partial charge < -0.3 is 9.84 Å². The summed E-state index contributed by atoms with van der Waals surface area (Å²) in [5.74, 6) is -0.00648. The molecule has 0 heterocycles. The minimum Gasteiger partial charge on any atom is -0.490 e. The third kappa shape index (κ3) is 3.47. The molecule has 104 valence electrons. The quantitative estimate of drug-likeness (QED) is 0.887. The van der Waals surface area contributed by atoms with Crippen LogP contribution in [0, 0.1) is 0 Å². The molecule has 1 aromatic carbocycles. The first-order valence-electron chi connectivity index (χ1n) is 6.74. The van der Waals surface area contributed by atoms with E-state index >= 15 is 0 Å².